The Kier molecular flexibility index (Phi) is 7.33. The van der Waals surface area contributed by atoms with Crippen molar-refractivity contribution in [1.29, 1.82) is 0 Å². The number of nitrogens with one attached hydrogen (secondary N) is 3. The molecule has 1 atom stereocenters. The lowest BCUT2D eigenvalue weighted by Crippen LogP contribution is -3.11. The van der Waals surface area contributed by atoms with Crippen LogP contribution in [-0.2, 0) is 9.59 Å². The minimum absolute atomic E-state index is 0.137. The van der Waals surface area contributed by atoms with E-state index in [0.29, 0.717) is 12.2 Å². The Balaban J connectivity index is 1.68. The first kappa shape index (κ1) is 22.8. The normalized spacial score (nSPS) is 14.9. The van der Waals surface area contributed by atoms with Crippen LogP contribution in [0.3, 0.4) is 0 Å². The van der Waals surface area contributed by atoms with Crippen LogP contribution in [0.15, 0.2) is 36.4 Å². The van der Waals surface area contributed by atoms with Crippen LogP contribution in [-0.4, -0.2) is 45.5 Å². The summed E-state index contributed by atoms with van der Waals surface area (Å²) in [4.78, 5) is 28.7. The molecule has 0 unspecified atom stereocenters. The summed E-state index contributed by atoms with van der Waals surface area (Å²) in [6.07, 6.45) is 2.39. The molecule has 2 amide bonds. The molecule has 3 N–H and O–H groups in total. The molecule has 0 spiro atoms. The van der Waals surface area contributed by atoms with Crippen molar-refractivity contribution in [1.82, 2.24) is 5.32 Å². The van der Waals surface area contributed by atoms with Crippen molar-refractivity contribution in [3.8, 4) is 0 Å². The van der Waals surface area contributed by atoms with Gasteiger partial charge in [0.1, 0.15) is 6.04 Å². The molecule has 1 aliphatic rings. The maximum Gasteiger partial charge on any atom is 0.313 e. The van der Waals surface area contributed by atoms with E-state index in [9.17, 15) is 9.59 Å². The SMILES string of the molecule is Cc1cc(C)c(NC(=O)C(=O)NC[C@@H](c2ccc(N(C)C)cc2)[NH+]2CCCC2)c(C)c1. The van der Waals surface area contributed by atoms with Gasteiger partial charge >= 0.3 is 11.8 Å². The Labute approximate surface area is 185 Å². The zero-order valence-electron chi connectivity index (χ0n) is 19.3. The molecule has 6 heteroatoms. The largest absolute Gasteiger partial charge is 0.378 e. The molecular formula is C25H35N4O2+. The van der Waals surface area contributed by atoms with Gasteiger partial charge in [0.2, 0.25) is 0 Å². The number of carbonyl (C=O) groups excluding carboxylic acids is 2. The van der Waals surface area contributed by atoms with Gasteiger partial charge in [0.15, 0.2) is 0 Å². The summed E-state index contributed by atoms with van der Waals surface area (Å²) >= 11 is 0. The Hall–Kier alpha value is -2.86. The van der Waals surface area contributed by atoms with Crippen LogP contribution in [0.25, 0.3) is 0 Å². The zero-order valence-corrected chi connectivity index (χ0v) is 19.3. The molecule has 2 aromatic carbocycles. The number of hydrogen-bond acceptors (Lipinski definition) is 3. The fraction of sp³-hybridized carbons (Fsp3) is 0.440. The first-order valence-corrected chi connectivity index (χ1v) is 11.0. The number of carbonyl (C=O) groups is 2. The molecule has 3 rings (SSSR count). The monoisotopic (exact) mass is 423 g/mol. The van der Waals surface area contributed by atoms with Gasteiger partial charge in [0.05, 0.1) is 19.6 Å². The number of rotatable bonds is 6. The van der Waals surface area contributed by atoms with Crippen molar-refractivity contribution >= 4 is 23.2 Å². The first-order chi connectivity index (χ1) is 14.8. The molecule has 1 fully saturated rings. The molecule has 0 radical (unpaired) electrons. The van der Waals surface area contributed by atoms with Crippen molar-refractivity contribution in [2.45, 2.75) is 39.7 Å². The van der Waals surface area contributed by atoms with E-state index in [1.807, 2.05) is 47.0 Å². The maximum absolute atomic E-state index is 12.6. The highest BCUT2D eigenvalue weighted by Crippen LogP contribution is 2.22. The van der Waals surface area contributed by atoms with Crippen LogP contribution in [0.1, 0.15) is 41.1 Å². The predicted molar refractivity (Wildman–Crippen MR) is 126 cm³/mol. The second-order valence-corrected chi connectivity index (χ2v) is 8.84. The van der Waals surface area contributed by atoms with Gasteiger partial charge in [-0.15, -0.1) is 0 Å². The summed E-state index contributed by atoms with van der Waals surface area (Å²) in [6.45, 7) is 8.52. The lowest BCUT2D eigenvalue weighted by molar-refractivity contribution is -0.918. The van der Waals surface area contributed by atoms with Gasteiger partial charge in [-0.3, -0.25) is 9.59 Å². The fourth-order valence-corrected chi connectivity index (χ4v) is 4.50. The predicted octanol–water partition coefficient (Wildman–Crippen LogP) is 2.15. The van der Waals surface area contributed by atoms with Crippen LogP contribution >= 0.6 is 0 Å². The van der Waals surface area contributed by atoms with E-state index in [1.165, 1.54) is 23.3 Å². The van der Waals surface area contributed by atoms with Crippen molar-refractivity contribution < 1.29 is 14.5 Å². The number of likely N-dealkylation sites (tertiary alicyclic amines) is 1. The maximum atomic E-state index is 12.6. The number of hydrogen-bond donors (Lipinski definition) is 3. The molecular weight excluding hydrogens is 388 g/mol. The zero-order chi connectivity index (χ0) is 22.5. The smallest absolute Gasteiger partial charge is 0.313 e. The van der Waals surface area contributed by atoms with Gasteiger partial charge < -0.3 is 20.4 Å². The van der Waals surface area contributed by atoms with Gasteiger partial charge in [0.25, 0.3) is 0 Å². The van der Waals surface area contributed by atoms with E-state index in [2.05, 4.69) is 39.8 Å². The van der Waals surface area contributed by atoms with E-state index >= 15 is 0 Å². The molecule has 1 heterocycles. The molecule has 0 aliphatic carbocycles. The van der Waals surface area contributed by atoms with E-state index in [1.54, 1.807) is 0 Å². The van der Waals surface area contributed by atoms with E-state index in [4.69, 9.17) is 0 Å². The minimum atomic E-state index is -0.617. The number of amides is 2. The number of benzene rings is 2. The van der Waals surface area contributed by atoms with Crippen LogP contribution in [0, 0.1) is 20.8 Å². The summed E-state index contributed by atoms with van der Waals surface area (Å²) in [6, 6.07) is 12.6. The van der Waals surface area contributed by atoms with Gasteiger partial charge in [-0.2, -0.15) is 0 Å². The summed E-state index contributed by atoms with van der Waals surface area (Å²) in [5.74, 6) is -1.21. The summed E-state index contributed by atoms with van der Waals surface area (Å²) < 4.78 is 0. The molecule has 1 aliphatic heterocycles. The minimum Gasteiger partial charge on any atom is -0.378 e. The lowest BCUT2D eigenvalue weighted by atomic mass is 10.0. The number of anilines is 2. The van der Waals surface area contributed by atoms with E-state index in [0.717, 1.165) is 35.5 Å². The topological polar surface area (TPSA) is 65.9 Å². The Morgan fingerprint density at radius 2 is 1.55 bits per heavy atom. The van der Waals surface area contributed by atoms with Crippen LogP contribution in [0.5, 0.6) is 0 Å². The molecule has 0 saturated carbocycles. The third kappa shape index (κ3) is 5.64. The van der Waals surface area contributed by atoms with Gasteiger partial charge in [-0.05, 0) is 44.0 Å². The molecule has 6 nitrogen and oxygen atoms in total. The second kappa shape index (κ2) is 9.96. The average Bonchev–Trinajstić information content (AvgIpc) is 3.25. The number of quaternary nitrogens is 1. The van der Waals surface area contributed by atoms with Crippen LogP contribution < -0.4 is 20.4 Å². The van der Waals surface area contributed by atoms with Crippen molar-refractivity contribution in [3.63, 3.8) is 0 Å². The Bertz CT molecular complexity index is 908. The quantitative estimate of drug-likeness (QED) is 0.624. The van der Waals surface area contributed by atoms with Gasteiger partial charge in [0, 0.05) is 43.9 Å². The lowest BCUT2D eigenvalue weighted by Gasteiger charge is -2.26. The van der Waals surface area contributed by atoms with Crippen LogP contribution in [0.2, 0.25) is 0 Å². The summed E-state index contributed by atoms with van der Waals surface area (Å²) in [7, 11) is 4.04. The third-order valence-electron chi connectivity index (χ3n) is 6.14. The molecule has 166 valence electrons. The van der Waals surface area contributed by atoms with Crippen molar-refractivity contribution in [2.75, 3.05) is 43.9 Å². The molecule has 1 saturated heterocycles. The van der Waals surface area contributed by atoms with Gasteiger partial charge in [-0.25, -0.2) is 0 Å². The standard InChI is InChI=1S/C25H34N4O2/c1-17-14-18(2)23(19(3)15-17)27-25(31)24(30)26-16-22(29-12-6-7-13-29)20-8-10-21(11-9-20)28(4)5/h8-11,14-15,22H,6-7,12-13,16H2,1-5H3,(H,26,30)(H,27,31)/p+1/t22-/m0/s1. The number of nitrogens with zero attached hydrogens (tertiary/aromatic N) is 1. The van der Waals surface area contributed by atoms with Crippen LogP contribution in [0.4, 0.5) is 11.4 Å². The highest BCUT2D eigenvalue weighted by atomic mass is 16.2. The Morgan fingerprint density at radius 3 is 2.10 bits per heavy atom. The third-order valence-corrected chi connectivity index (χ3v) is 6.14. The Morgan fingerprint density at radius 1 is 0.968 bits per heavy atom. The van der Waals surface area contributed by atoms with E-state index < -0.39 is 11.8 Å². The average molecular weight is 424 g/mol. The van der Waals surface area contributed by atoms with Crippen molar-refractivity contribution in [3.05, 3.63) is 58.7 Å². The van der Waals surface area contributed by atoms with E-state index in [-0.39, 0.29) is 6.04 Å². The number of aryl methyl sites for hydroxylation is 3. The first-order valence-electron chi connectivity index (χ1n) is 11.0. The molecule has 0 bridgehead atoms. The van der Waals surface area contributed by atoms with Crippen molar-refractivity contribution in [2.24, 2.45) is 0 Å². The van der Waals surface area contributed by atoms with Gasteiger partial charge in [-0.1, -0.05) is 29.8 Å². The summed E-state index contributed by atoms with van der Waals surface area (Å²) in [5, 5.41) is 5.68. The molecule has 31 heavy (non-hydrogen) atoms. The highest BCUT2D eigenvalue weighted by Gasteiger charge is 2.28. The fourth-order valence-electron chi connectivity index (χ4n) is 4.50. The molecule has 0 aromatic heterocycles. The highest BCUT2D eigenvalue weighted by molar-refractivity contribution is 6.39. The summed E-state index contributed by atoms with van der Waals surface area (Å²) in [5.41, 5.74) is 6.10. The molecule has 2 aromatic rings. The second-order valence-electron chi connectivity index (χ2n) is 8.84.